The van der Waals surface area contributed by atoms with Crippen molar-refractivity contribution in [3.8, 4) is 0 Å². The average Bonchev–Trinajstić information content (AvgIpc) is 3.34. The first-order chi connectivity index (χ1) is 13.8. The van der Waals surface area contributed by atoms with Gasteiger partial charge in [-0.3, -0.25) is 4.79 Å². The number of hydrogen-bond donors (Lipinski definition) is 0. The Hall–Kier alpha value is -2.42. The number of rotatable bonds is 4. The molecule has 0 spiro atoms. The lowest BCUT2D eigenvalue weighted by molar-refractivity contribution is -0.137. The Morgan fingerprint density at radius 1 is 1.24 bits per heavy atom. The molecule has 2 unspecified atom stereocenters. The smallest absolute Gasteiger partial charge is 0.346 e. The molecule has 0 aliphatic heterocycles. The summed E-state index contributed by atoms with van der Waals surface area (Å²) in [5, 5.41) is 5.13. The number of anilines is 1. The van der Waals surface area contributed by atoms with Crippen LogP contribution in [0, 0.1) is 0 Å². The summed E-state index contributed by atoms with van der Waals surface area (Å²) in [7, 11) is 1.93. The normalized spacial score (nSPS) is 19.8. The van der Waals surface area contributed by atoms with Gasteiger partial charge in [-0.1, -0.05) is 36.8 Å². The lowest BCUT2D eigenvalue weighted by Crippen LogP contribution is -2.33. The molecule has 5 nitrogen and oxygen atoms in total. The summed E-state index contributed by atoms with van der Waals surface area (Å²) in [4.78, 5) is 19.3. The van der Waals surface area contributed by atoms with E-state index in [9.17, 15) is 18.0 Å². The summed E-state index contributed by atoms with van der Waals surface area (Å²) in [6.45, 7) is 1.94. The van der Waals surface area contributed by atoms with Crippen molar-refractivity contribution in [2.45, 2.75) is 50.7 Å². The molecule has 29 heavy (non-hydrogen) atoms. The van der Waals surface area contributed by atoms with E-state index in [0.717, 1.165) is 42.7 Å². The molecule has 2 aromatic heterocycles. The van der Waals surface area contributed by atoms with Gasteiger partial charge < -0.3 is 4.90 Å². The summed E-state index contributed by atoms with van der Waals surface area (Å²) in [5.41, 5.74) is 0.800. The maximum Gasteiger partial charge on any atom is 0.416 e. The molecular formula is C20H21F3N4OS. The minimum atomic E-state index is -4.33. The molecule has 1 saturated carbocycles. The average molecular weight is 422 g/mol. The minimum Gasteiger partial charge on any atom is -0.346 e. The SMILES string of the molecule is CCc1cc(=O)n2nc(N(C)C3CCCC3c3ccc(C(F)(F)F)cc3)sc2n1. The molecule has 1 fully saturated rings. The topological polar surface area (TPSA) is 50.5 Å². The van der Waals surface area contributed by atoms with Crippen LogP contribution in [0.1, 0.15) is 48.9 Å². The quantitative estimate of drug-likeness (QED) is 0.621. The molecule has 154 valence electrons. The van der Waals surface area contributed by atoms with Crippen molar-refractivity contribution >= 4 is 21.4 Å². The van der Waals surface area contributed by atoms with Crippen LogP contribution in [0.25, 0.3) is 4.96 Å². The van der Waals surface area contributed by atoms with E-state index in [4.69, 9.17) is 0 Å². The summed E-state index contributed by atoms with van der Waals surface area (Å²) < 4.78 is 39.9. The van der Waals surface area contributed by atoms with Gasteiger partial charge in [0.2, 0.25) is 10.1 Å². The predicted octanol–water partition coefficient (Wildman–Crippen LogP) is 4.50. The van der Waals surface area contributed by atoms with Gasteiger partial charge in [0.05, 0.1) is 5.56 Å². The van der Waals surface area contributed by atoms with Gasteiger partial charge >= 0.3 is 6.18 Å². The van der Waals surface area contributed by atoms with Crippen LogP contribution in [0.4, 0.5) is 18.3 Å². The molecule has 2 heterocycles. The van der Waals surface area contributed by atoms with Crippen LogP contribution in [-0.4, -0.2) is 27.7 Å². The number of nitrogens with zero attached hydrogens (tertiary/aromatic N) is 4. The standard InChI is InChI=1S/C20H21F3N4OS/c1-3-14-11-17(28)27-18(24-14)29-19(25-27)26(2)16-6-4-5-15(16)12-7-9-13(10-8-12)20(21,22)23/h7-11,15-16H,3-6H2,1-2H3. The van der Waals surface area contributed by atoms with Gasteiger partial charge in [-0.05, 0) is 37.0 Å². The Morgan fingerprint density at radius 2 is 1.97 bits per heavy atom. The maximum absolute atomic E-state index is 12.9. The molecule has 0 saturated heterocycles. The molecule has 0 N–H and O–H groups in total. The second-order valence-corrected chi connectivity index (χ2v) is 8.29. The monoisotopic (exact) mass is 422 g/mol. The zero-order valence-corrected chi connectivity index (χ0v) is 16.9. The zero-order valence-electron chi connectivity index (χ0n) is 16.1. The van der Waals surface area contributed by atoms with Crippen molar-refractivity contribution in [1.29, 1.82) is 0 Å². The highest BCUT2D eigenvalue weighted by molar-refractivity contribution is 7.20. The van der Waals surface area contributed by atoms with E-state index in [2.05, 4.69) is 10.1 Å². The van der Waals surface area contributed by atoms with E-state index in [1.807, 2.05) is 18.9 Å². The number of benzene rings is 1. The lowest BCUT2D eigenvalue weighted by atomic mass is 9.92. The Bertz CT molecular complexity index is 1070. The Balaban J connectivity index is 1.62. The minimum absolute atomic E-state index is 0.105. The van der Waals surface area contributed by atoms with Crippen molar-refractivity contribution in [3.05, 3.63) is 57.5 Å². The van der Waals surface area contributed by atoms with Gasteiger partial charge in [-0.15, -0.1) is 5.10 Å². The van der Waals surface area contributed by atoms with Crippen molar-refractivity contribution in [1.82, 2.24) is 14.6 Å². The van der Waals surface area contributed by atoms with Crippen LogP contribution >= 0.6 is 11.3 Å². The van der Waals surface area contributed by atoms with Crippen LogP contribution in [0.5, 0.6) is 0 Å². The first kappa shape index (κ1) is 19.9. The first-order valence-corrected chi connectivity index (χ1v) is 10.4. The lowest BCUT2D eigenvalue weighted by Gasteiger charge is -2.29. The number of alkyl halides is 3. The number of fused-ring (bicyclic) bond motifs is 1. The highest BCUT2D eigenvalue weighted by Crippen LogP contribution is 2.40. The fraction of sp³-hybridized carbons (Fsp3) is 0.450. The molecular weight excluding hydrogens is 401 g/mol. The van der Waals surface area contributed by atoms with Gasteiger partial charge in [-0.2, -0.15) is 17.7 Å². The maximum atomic E-state index is 12.9. The van der Waals surface area contributed by atoms with Crippen LogP contribution in [0.15, 0.2) is 35.1 Å². The van der Waals surface area contributed by atoms with Crippen molar-refractivity contribution in [2.24, 2.45) is 0 Å². The van der Waals surface area contributed by atoms with Gasteiger partial charge in [-0.25, -0.2) is 4.98 Å². The summed E-state index contributed by atoms with van der Waals surface area (Å²) >= 11 is 1.36. The van der Waals surface area contributed by atoms with E-state index in [1.165, 1.54) is 21.9 Å². The number of halogens is 3. The third-order valence-corrected chi connectivity index (χ3v) is 6.59. The zero-order chi connectivity index (χ0) is 20.8. The van der Waals surface area contributed by atoms with E-state index in [-0.39, 0.29) is 17.5 Å². The highest BCUT2D eigenvalue weighted by Gasteiger charge is 2.35. The summed E-state index contributed by atoms with van der Waals surface area (Å²) in [6.07, 6.45) is -0.843. The largest absolute Gasteiger partial charge is 0.416 e. The fourth-order valence-corrected chi connectivity index (χ4v) is 4.97. The molecule has 4 rings (SSSR count). The number of hydrogen-bond acceptors (Lipinski definition) is 5. The van der Waals surface area contributed by atoms with E-state index in [0.29, 0.717) is 16.5 Å². The number of aryl methyl sites for hydroxylation is 1. The van der Waals surface area contributed by atoms with Gasteiger partial charge in [0.1, 0.15) is 0 Å². The molecule has 0 radical (unpaired) electrons. The highest BCUT2D eigenvalue weighted by atomic mass is 32.1. The van der Waals surface area contributed by atoms with Crippen molar-refractivity contribution in [2.75, 3.05) is 11.9 Å². The van der Waals surface area contributed by atoms with Crippen molar-refractivity contribution in [3.63, 3.8) is 0 Å². The second kappa shape index (κ2) is 7.44. The molecule has 9 heteroatoms. The number of aromatic nitrogens is 3. The molecule has 1 aliphatic carbocycles. The van der Waals surface area contributed by atoms with E-state index < -0.39 is 11.7 Å². The summed E-state index contributed by atoms with van der Waals surface area (Å²) in [5.74, 6) is 0.116. The fourth-order valence-electron chi connectivity index (χ4n) is 4.02. The second-order valence-electron chi connectivity index (χ2n) is 7.35. The Labute approximate surface area is 169 Å². The van der Waals surface area contributed by atoms with E-state index in [1.54, 1.807) is 12.1 Å². The number of likely N-dealkylation sites (N-methyl/N-ethyl adjacent to an activating group) is 1. The third kappa shape index (κ3) is 3.75. The first-order valence-electron chi connectivity index (χ1n) is 9.57. The molecule has 0 amide bonds. The Kier molecular flexibility index (Phi) is 5.10. The van der Waals surface area contributed by atoms with Crippen LogP contribution in [0.2, 0.25) is 0 Å². The molecule has 1 aromatic carbocycles. The summed E-state index contributed by atoms with van der Waals surface area (Å²) in [6, 6.07) is 7.07. The molecule has 1 aliphatic rings. The molecule has 0 bridgehead atoms. The van der Waals surface area contributed by atoms with Crippen molar-refractivity contribution < 1.29 is 13.2 Å². The predicted molar refractivity (Wildman–Crippen MR) is 107 cm³/mol. The van der Waals surface area contributed by atoms with Gasteiger partial charge in [0, 0.05) is 30.8 Å². The van der Waals surface area contributed by atoms with Gasteiger partial charge in [0.15, 0.2) is 0 Å². The van der Waals surface area contributed by atoms with Crippen LogP contribution in [0.3, 0.4) is 0 Å². The molecule has 2 atom stereocenters. The molecule has 3 aromatic rings. The Morgan fingerprint density at radius 3 is 2.62 bits per heavy atom. The van der Waals surface area contributed by atoms with Gasteiger partial charge in [0.25, 0.3) is 5.56 Å². The third-order valence-electron chi connectivity index (χ3n) is 5.59. The van der Waals surface area contributed by atoms with Crippen LogP contribution in [-0.2, 0) is 12.6 Å². The van der Waals surface area contributed by atoms with Crippen LogP contribution < -0.4 is 10.5 Å². The van der Waals surface area contributed by atoms with E-state index >= 15 is 0 Å².